The lowest BCUT2D eigenvalue weighted by Gasteiger charge is -1.73. The molecule has 0 rings (SSSR count). The van der Waals surface area contributed by atoms with Gasteiger partial charge in [0, 0.05) is 0 Å². The van der Waals surface area contributed by atoms with Gasteiger partial charge in [-0.05, 0) is 18.8 Å². The quantitative estimate of drug-likeness (QED) is 0.413. The maximum atomic E-state index is 3.88. The summed E-state index contributed by atoms with van der Waals surface area (Å²) in [7, 11) is 0. The molecule has 0 aliphatic rings. The maximum absolute atomic E-state index is 3.88. The summed E-state index contributed by atoms with van der Waals surface area (Å²) in [6.45, 7) is 2.01. The topological polar surface area (TPSA) is 0 Å². The van der Waals surface area contributed by atoms with Gasteiger partial charge in [-0.2, -0.15) is 12.6 Å². The van der Waals surface area contributed by atoms with Crippen LogP contribution in [0.25, 0.3) is 0 Å². The second kappa shape index (κ2) is 5.83. The van der Waals surface area contributed by atoms with Crippen molar-refractivity contribution in [3.05, 3.63) is 23.6 Å². The van der Waals surface area contributed by atoms with Gasteiger partial charge < -0.3 is 0 Å². The minimum atomic E-state index is 1.00. The summed E-state index contributed by atoms with van der Waals surface area (Å²) in [6, 6.07) is 0. The van der Waals surface area contributed by atoms with E-state index in [2.05, 4.69) is 18.7 Å². The highest BCUT2D eigenvalue weighted by Crippen LogP contribution is 1.85. The molecule has 0 amide bonds. The lowest BCUT2D eigenvalue weighted by molar-refractivity contribution is 1.39. The molecule has 0 aliphatic carbocycles. The van der Waals surface area contributed by atoms with E-state index in [4.69, 9.17) is 0 Å². The van der Waals surface area contributed by atoms with E-state index < -0.39 is 0 Å². The van der Waals surface area contributed by atoms with Gasteiger partial charge >= 0.3 is 0 Å². The summed E-state index contributed by atoms with van der Waals surface area (Å²) in [4.78, 5) is 0. The maximum Gasteiger partial charge on any atom is -0.0161 e. The molecule has 0 heterocycles. The van der Waals surface area contributed by atoms with Crippen LogP contribution in [0.5, 0.6) is 0 Å². The average Bonchev–Trinajstić information content (AvgIpc) is 1.69. The van der Waals surface area contributed by atoms with E-state index in [1.807, 2.05) is 19.1 Å². The summed E-state index contributed by atoms with van der Waals surface area (Å²) >= 11 is 3.88. The first-order valence-corrected chi connectivity index (χ1v) is 2.84. The molecule has 0 N–H and O–H groups in total. The zero-order valence-corrected chi connectivity index (χ0v) is 5.36. The first kappa shape index (κ1) is 6.83. The molecule has 0 unspecified atom stereocenters. The van der Waals surface area contributed by atoms with Gasteiger partial charge in [0.05, 0.1) is 0 Å². The van der Waals surface area contributed by atoms with Crippen molar-refractivity contribution in [1.82, 2.24) is 0 Å². The van der Waals surface area contributed by atoms with Gasteiger partial charge in [-0.3, -0.25) is 0 Å². The Hall–Kier alpha value is -0.170. The summed E-state index contributed by atoms with van der Waals surface area (Å²) in [5.41, 5.74) is 0. The smallest absolute Gasteiger partial charge is 0.0161 e. The van der Waals surface area contributed by atoms with Gasteiger partial charge in [-0.15, -0.1) is 0 Å². The summed E-state index contributed by atoms with van der Waals surface area (Å²) in [5, 5.41) is 1.75. The number of thiol groups is 1. The fraction of sp³-hybridized carbons (Fsp3) is 0.333. The van der Waals surface area contributed by atoms with Crippen LogP contribution < -0.4 is 0 Å². The summed E-state index contributed by atoms with van der Waals surface area (Å²) < 4.78 is 0. The second-order valence-electron chi connectivity index (χ2n) is 1.19. The Bertz CT molecular complexity index is 62.2. The zero-order valence-electron chi connectivity index (χ0n) is 4.46. The van der Waals surface area contributed by atoms with Crippen LogP contribution in [0.2, 0.25) is 0 Å². The summed E-state index contributed by atoms with van der Waals surface area (Å²) in [5.74, 6) is 0. The fourth-order valence-corrected chi connectivity index (χ4v) is 0.397. The predicted octanol–water partition coefficient (Wildman–Crippen LogP) is 2.40. The molecule has 0 atom stereocenters. The fourth-order valence-electron chi connectivity index (χ4n) is 0.276. The molecule has 0 saturated carbocycles. The third-order valence-electron chi connectivity index (χ3n) is 0.613. The van der Waals surface area contributed by atoms with Crippen molar-refractivity contribution in [2.24, 2.45) is 0 Å². The zero-order chi connectivity index (χ0) is 5.54. The van der Waals surface area contributed by atoms with Gasteiger partial charge in [-0.25, -0.2) is 0 Å². The number of hydrogen-bond acceptors (Lipinski definition) is 1. The van der Waals surface area contributed by atoms with E-state index in [1.54, 1.807) is 5.41 Å². The third-order valence-corrected chi connectivity index (χ3v) is 0.824. The van der Waals surface area contributed by atoms with Crippen LogP contribution in [0, 0.1) is 0 Å². The van der Waals surface area contributed by atoms with Crippen molar-refractivity contribution >= 4 is 12.6 Å². The Morgan fingerprint density at radius 1 is 1.43 bits per heavy atom. The third kappa shape index (κ3) is 5.83. The first-order valence-electron chi connectivity index (χ1n) is 2.32. The van der Waals surface area contributed by atoms with Crippen molar-refractivity contribution in [3.63, 3.8) is 0 Å². The molecule has 0 aromatic heterocycles. The molecule has 0 aliphatic heterocycles. The SMILES string of the molecule is CC=CCC=CS. The molecule has 0 saturated heterocycles. The lowest BCUT2D eigenvalue weighted by Crippen LogP contribution is -1.50. The molecule has 0 spiro atoms. The molecule has 0 nitrogen and oxygen atoms in total. The summed E-state index contributed by atoms with van der Waals surface area (Å²) in [6.07, 6.45) is 7.09. The Morgan fingerprint density at radius 3 is 2.57 bits per heavy atom. The van der Waals surface area contributed by atoms with Crippen LogP contribution in [0.3, 0.4) is 0 Å². The molecule has 1 heteroatoms. The van der Waals surface area contributed by atoms with Crippen molar-refractivity contribution in [1.29, 1.82) is 0 Å². The predicted molar refractivity (Wildman–Crippen MR) is 37.6 cm³/mol. The minimum Gasteiger partial charge on any atom is -0.152 e. The Balaban J connectivity index is 2.98. The van der Waals surface area contributed by atoms with Crippen molar-refractivity contribution in [2.45, 2.75) is 13.3 Å². The Kier molecular flexibility index (Phi) is 5.69. The second-order valence-corrected chi connectivity index (χ2v) is 1.49. The largest absolute Gasteiger partial charge is 0.152 e. The molecule has 7 heavy (non-hydrogen) atoms. The molecule has 0 aromatic carbocycles. The van der Waals surface area contributed by atoms with E-state index in [1.165, 1.54) is 0 Å². The highest BCUT2D eigenvalue weighted by molar-refractivity contribution is 7.83. The Labute approximate surface area is 50.3 Å². The van der Waals surface area contributed by atoms with Crippen molar-refractivity contribution in [3.8, 4) is 0 Å². The van der Waals surface area contributed by atoms with Gasteiger partial charge in [0.15, 0.2) is 0 Å². The normalized spacial score (nSPS) is 11.7. The first-order chi connectivity index (χ1) is 3.41. The van der Waals surface area contributed by atoms with Gasteiger partial charge in [0.25, 0.3) is 0 Å². The van der Waals surface area contributed by atoms with E-state index in [-0.39, 0.29) is 0 Å². The molecular formula is C6H10S. The lowest BCUT2D eigenvalue weighted by atomic mass is 10.4. The van der Waals surface area contributed by atoms with Crippen molar-refractivity contribution in [2.75, 3.05) is 0 Å². The molecule has 0 aromatic rings. The van der Waals surface area contributed by atoms with E-state index in [9.17, 15) is 0 Å². The van der Waals surface area contributed by atoms with Crippen LogP contribution >= 0.6 is 12.6 Å². The van der Waals surface area contributed by atoms with Crippen LogP contribution in [0.1, 0.15) is 13.3 Å². The van der Waals surface area contributed by atoms with Crippen LogP contribution in [-0.4, -0.2) is 0 Å². The average molecular weight is 114 g/mol. The van der Waals surface area contributed by atoms with Crippen LogP contribution in [-0.2, 0) is 0 Å². The van der Waals surface area contributed by atoms with Gasteiger partial charge in [-0.1, -0.05) is 18.2 Å². The highest BCUT2D eigenvalue weighted by atomic mass is 32.1. The highest BCUT2D eigenvalue weighted by Gasteiger charge is 1.61. The van der Waals surface area contributed by atoms with Crippen LogP contribution in [0.15, 0.2) is 23.6 Å². The minimum absolute atomic E-state index is 1.00. The monoisotopic (exact) mass is 114 g/mol. The van der Waals surface area contributed by atoms with Gasteiger partial charge in [0.1, 0.15) is 0 Å². The van der Waals surface area contributed by atoms with E-state index in [0.29, 0.717) is 0 Å². The molecule has 0 bridgehead atoms. The number of hydrogen-bond donors (Lipinski definition) is 1. The molecule has 40 valence electrons. The van der Waals surface area contributed by atoms with E-state index >= 15 is 0 Å². The van der Waals surface area contributed by atoms with E-state index in [0.717, 1.165) is 6.42 Å². The van der Waals surface area contributed by atoms with Crippen LogP contribution in [0.4, 0.5) is 0 Å². The standard InChI is InChI=1S/C6H10S/c1-2-3-4-5-6-7/h2-3,5-7H,4H2,1H3. The number of rotatable bonds is 2. The van der Waals surface area contributed by atoms with Gasteiger partial charge in [0.2, 0.25) is 0 Å². The molecule has 0 fully saturated rings. The number of allylic oxidation sites excluding steroid dienone is 3. The Morgan fingerprint density at radius 2 is 2.14 bits per heavy atom. The van der Waals surface area contributed by atoms with Crippen molar-refractivity contribution < 1.29 is 0 Å². The molecular weight excluding hydrogens is 104 g/mol. The molecule has 0 radical (unpaired) electrons.